The van der Waals surface area contributed by atoms with Crippen molar-refractivity contribution in [3.8, 4) is 0 Å². The van der Waals surface area contributed by atoms with Crippen LogP contribution < -0.4 is 11.0 Å². The summed E-state index contributed by atoms with van der Waals surface area (Å²) in [5.41, 5.74) is -0.210. The number of nitrogens with one attached hydrogen (secondary N) is 2. The number of aromatic nitrogens is 5. The molecule has 0 saturated heterocycles. The first-order chi connectivity index (χ1) is 9.17. The van der Waals surface area contributed by atoms with Crippen molar-refractivity contribution in [2.24, 2.45) is 0 Å². The highest BCUT2D eigenvalue weighted by molar-refractivity contribution is 7.99. The Kier molecular flexibility index (Phi) is 4.48. The van der Waals surface area contributed by atoms with Gasteiger partial charge in [0, 0.05) is 19.7 Å². The molecular formula is C10H14N6OS2. The minimum absolute atomic E-state index is 0.210. The van der Waals surface area contributed by atoms with E-state index >= 15 is 0 Å². The minimum Gasteiger partial charge on any atom is -0.373 e. The van der Waals surface area contributed by atoms with E-state index < -0.39 is 0 Å². The number of H-pyrrole nitrogens is 1. The maximum absolute atomic E-state index is 11.5. The molecule has 2 aromatic heterocycles. The van der Waals surface area contributed by atoms with Crippen LogP contribution in [0, 0.1) is 0 Å². The molecule has 0 aliphatic rings. The van der Waals surface area contributed by atoms with Crippen molar-refractivity contribution in [3.05, 3.63) is 16.6 Å². The molecule has 19 heavy (non-hydrogen) atoms. The standard InChI is InChI=1S/C10H14N6OS2/c1-4-16-9(17)14-15-10(16)19-7-5-6(11-2)12-8(13-7)18-3/h5H,4H2,1-3H3,(H,14,17)(H,11,12,13). The number of nitrogens with zero attached hydrogens (tertiary/aromatic N) is 4. The molecule has 7 nitrogen and oxygen atoms in total. The number of thioether (sulfide) groups is 1. The summed E-state index contributed by atoms with van der Waals surface area (Å²) in [5, 5.41) is 11.4. The van der Waals surface area contributed by atoms with Crippen LogP contribution in [0.15, 0.2) is 26.2 Å². The van der Waals surface area contributed by atoms with Gasteiger partial charge in [-0.25, -0.2) is 19.9 Å². The summed E-state index contributed by atoms with van der Waals surface area (Å²) in [6.45, 7) is 2.46. The Morgan fingerprint density at radius 1 is 1.47 bits per heavy atom. The van der Waals surface area contributed by atoms with Gasteiger partial charge in [-0.2, -0.15) is 0 Å². The highest BCUT2D eigenvalue weighted by Gasteiger charge is 2.11. The third-order valence-electron chi connectivity index (χ3n) is 2.36. The van der Waals surface area contributed by atoms with Crippen LogP contribution in [0.3, 0.4) is 0 Å². The molecule has 2 heterocycles. The molecule has 2 aromatic rings. The Bertz CT molecular complexity index is 600. The van der Waals surface area contributed by atoms with Gasteiger partial charge < -0.3 is 5.32 Å². The van der Waals surface area contributed by atoms with Crippen molar-refractivity contribution in [2.75, 3.05) is 18.6 Å². The molecule has 2 N–H and O–H groups in total. The van der Waals surface area contributed by atoms with Crippen molar-refractivity contribution >= 4 is 29.3 Å². The largest absolute Gasteiger partial charge is 0.373 e. The van der Waals surface area contributed by atoms with Crippen molar-refractivity contribution in [2.45, 2.75) is 28.8 Å². The molecule has 0 bridgehead atoms. The zero-order chi connectivity index (χ0) is 13.8. The second kappa shape index (κ2) is 6.11. The maximum atomic E-state index is 11.5. The quantitative estimate of drug-likeness (QED) is 0.488. The van der Waals surface area contributed by atoms with E-state index in [-0.39, 0.29) is 5.69 Å². The molecule has 0 spiro atoms. The molecule has 0 aliphatic carbocycles. The minimum atomic E-state index is -0.210. The molecule has 2 rings (SSSR count). The van der Waals surface area contributed by atoms with Crippen molar-refractivity contribution in [1.82, 2.24) is 24.7 Å². The van der Waals surface area contributed by atoms with E-state index in [2.05, 4.69) is 25.5 Å². The van der Waals surface area contributed by atoms with Gasteiger partial charge in [-0.15, -0.1) is 5.10 Å². The summed E-state index contributed by atoms with van der Waals surface area (Å²) in [7, 11) is 1.80. The van der Waals surface area contributed by atoms with Crippen LogP contribution in [0.5, 0.6) is 0 Å². The highest BCUT2D eigenvalue weighted by Crippen LogP contribution is 2.26. The predicted octanol–water partition coefficient (Wildman–Crippen LogP) is 1.30. The molecular weight excluding hydrogens is 284 g/mol. The lowest BCUT2D eigenvalue weighted by Crippen LogP contribution is -2.16. The zero-order valence-electron chi connectivity index (χ0n) is 10.8. The number of hydrogen-bond acceptors (Lipinski definition) is 7. The van der Waals surface area contributed by atoms with E-state index in [1.54, 1.807) is 11.6 Å². The van der Waals surface area contributed by atoms with E-state index in [1.807, 2.05) is 19.2 Å². The Balaban J connectivity index is 2.34. The first kappa shape index (κ1) is 13.9. The van der Waals surface area contributed by atoms with Gasteiger partial charge in [0.1, 0.15) is 10.8 Å². The van der Waals surface area contributed by atoms with E-state index in [9.17, 15) is 4.79 Å². The highest BCUT2D eigenvalue weighted by atomic mass is 32.2. The number of anilines is 1. The van der Waals surface area contributed by atoms with Crippen LogP contribution in [-0.2, 0) is 6.54 Å². The number of aromatic amines is 1. The van der Waals surface area contributed by atoms with Gasteiger partial charge in [-0.05, 0) is 24.9 Å². The van der Waals surface area contributed by atoms with Crippen LogP contribution in [0.2, 0.25) is 0 Å². The van der Waals surface area contributed by atoms with Crippen molar-refractivity contribution < 1.29 is 0 Å². The molecule has 0 aromatic carbocycles. The van der Waals surface area contributed by atoms with Gasteiger partial charge in [-0.1, -0.05) is 11.8 Å². The molecule has 9 heteroatoms. The fourth-order valence-electron chi connectivity index (χ4n) is 1.43. The molecule has 0 saturated carbocycles. The first-order valence-electron chi connectivity index (χ1n) is 5.61. The maximum Gasteiger partial charge on any atom is 0.343 e. The Labute approximate surface area is 118 Å². The fourth-order valence-corrected chi connectivity index (χ4v) is 2.77. The summed E-state index contributed by atoms with van der Waals surface area (Å²) < 4.78 is 1.56. The summed E-state index contributed by atoms with van der Waals surface area (Å²) in [6, 6.07) is 1.82. The number of rotatable bonds is 5. The van der Waals surface area contributed by atoms with Gasteiger partial charge in [0.05, 0.1) is 0 Å². The molecule has 0 atom stereocenters. The van der Waals surface area contributed by atoms with Crippen molar-refractivity contribution in [1.29, 1.82) is 0 Å². The summed E-state index contributed by atoms with van der Waals surface area (Å²) in [4.78, 5) is 20.2. The lowest BCUT2D eigenvalue weighted by atomic mass is 10.6. The SMILES string of the molecule is CCn1c(Sc2cc(NC)nc(SC)n2)n[nH]c1=O. The van der Waals surface area contributed by atoms with Gasteiger partial charge >= 0.3 is 5.69 Å². The van der Waals surface area contributed by atoms with Crippen LogP contribution in [0.25, 0.3) is 0 Å². The first-order valence-corrected chi connectivity index (χ1v) is 7.66. The second-order valence-corrected chi connectivity index (χ2v) is 5.25. The summed E-state index contributed by atoms with van der Waals surface area (Å²) >= 11 is 2.80. The Morgan fingerprint density at radius 2 is 2.26 bits per heavy atom. The normalized spacial score (nSPS) is 10.7. The third-order valence-corrected chi connectivity index (χ3v) is 3.82. The van der Waals surface area contributed by atoms with Crippen LogP contribution in [0.1, 0.15) is 6.92 Å². The molecule has 0 amide bonds. The lowest BCUT2D eigenvalue weighted by Gasteiger charge is -2.05. The predicted molar refractivity (Wildman–Crippen MR) is 76.0 cm³/mol. The topological polar surface area (TPSA) is 88.5 Å². The monoisotopic (exact) mass is 298 g/mol. The smallest absolute Gasteiger partial charge is 0.343 e. The average Bonchev–Trinajstić information content (AvgIpc) is 2.78. The summed E-state index contributed by atoms with van der Waals surface area (Å²) in [5.74, 6) is 0.739. The van der Waals surface area contributed by atoms with Gasteiger partial charge in [0.2, 0.25) is 0 Å². The van der Waals surface area contributed by atoms with Gasteiger partial charge in [0.15, 0.2) is 10.3 Å². The van der Waals surface area contributed by atoms with Crippen LogP contribution >= 0.6 is 23.5 Å². The van der Waals surface area contributed by atoms with Gasteiger partial charge in [-0.3, -0.25) is 4.57 Å². The Morgan fingerprint density at radius 3 is 2.89 bits per heavy atom. The lowest BCUT2D eigenvalue weighted by molar-refractivity contribution is 0.659. The van der Waals surface area contributed by atoms with Gasteiger partial charge in [0.25, 0.3) is 0 Å². The average molecular weight is 298 g/mol. The molecule has 0 unspecified atom stereocenters. The third kappa shape index (κ3) is 3.10. The van der Waals surface area contributed by atoms with E-state index in [4.69, 9.17) is 0 Å². The molecule has 0 aliphatic heterocycles. The van der Waals surface area contributed by atoms with Crippen LogP contribution in [-0.4, -0.2) is 38.0 Å². The Hall–Kier alpha value is -1.48. The second-order valence-electron chi connectivity index (χ2n) is 3.49. The number of hydrogen-bond donors (Lipinski definition) is 2. The fraction of sp³-hybridized carbons (Fsp3) is 0.400. The molecule has 0 radical (unpaired) electrons. The van der Waals surface area contributed by atoms with E-state index in [0.29, 0.717) is 16.9 Å². The summed E-state index contributed by atoms with van der Waals surface area (Å²) in [6.07, 6.45) is 1.92. The van der Waals surface area contributed by atoms with Crippen LogP contribution in [0.4, 0.5) is 5.82 Å². The van der Waals surface area contributed by atoms with Crippen molar-refractivity contribution in [3.63, 3.8) is 0 Å². The zero-order valence-corrected chi connectivity index (χ0v) is 12.4. The van der Waals surface area contributed by atoms with E-state index in [0.717, 1.165) is 10.8 Å². The molecule has 0 fully saturated rings. The van der Waals surface area contributed by atoms with E-state index in [1.165, 1.54) is 23.5 Å². The molecule has 102 valence electrons.